The van der Waals surface area contributed by atoms with Crippen LogP contribution in [0.25, 0.3) is 0 Å². The Kier molecular flexibility index (Phi) is 7.96. The van der Waals surface area contributed by atoms with Gasteiger partial charge in [0.2, 0.25) is 6.29 Å². The number of ether oxygens (including phenoxy) is 3. The molecule has 11 heteroatoms. The predicted octanol–water partition coefficient (Wildman–Crippen LogP) is -3.05. The fraction of sp³-hybridized carbons (Fsp3) is 0.900. The molecule has 2 saturated carbocycles. The summed E-state index contributed by atoms with van der Waals surface area (Å²) in [4.78, 5) is 0. The molecule has 1 heterocycles. The van der Waals surface area contributed by atoms with Crippen LogP contribution in [0.4, 0.5) is 0 Å². The molecule has 180 valence electrons. The van der Waals surface area contributed by atoms with Crippen molar-refractivity contribution in [3.8, 4) is 0 Å². The van der Waals surface area contributed by atoms with E-state index < -0.39 is 66.6 Å². The van der Waals surface area contributed by atoms with Gasteiger partial charge in [0.15, 0.2) is 0 Å². The van der Waals surface area contributed by atoms with Crippen LogP contribution >= 0.6 is 0 Å². The minimum Gasteiger partial charge on any atom is -0.467 e. The third-order valence-electron chi connectivity index (χ3n) is 6.76. The molecule has 0 amide bonds. The molecule has 0 aromatic carbocycles. The number of aliphatic hydroxyl groups is 3. The van der Waals surface area contributed by atoms with Gasteiger partial charge in [-0.05, 0) is 45.7 Å². The highest BCUT2D eigenvalue weighted by Gasteiger charge is 2.50. The molecule has 11 unspecified atom stereocenters. The molecular formula is C20H39N5O6. The average Bonchev–Trinajstić information content (AvgIpc) is 2.71. The highest BCUT2D eigenvalue weighted by molar-refractivity contribution is 5.05. The molecule has 1 aliphatic heterocycles. The van der Waals surface area contributed by atoms with Crippen molar-refractivity contribution in [3.05, 3.63) is 11.8 Å². The number of nitrogens with two attached hydrogens (primary N) is 4. The fourth-order valence-corrected chi connectivity index (χ4v) is 4.89. The molecule has 12 N–H and O–H groups in total. The molecule has 0 saturated heterocycles. The van der Waals surface area contributed by atoms with Crippen molar-refractivity contribution in [2.45, 2.75) is 99.2 Å². The van der Waals surface area contributed by atoms with Gasteiger partial charge < -0.3 is 57.8 Å². The lowest BCUT2D eigenvalue weighted by molar-refractivity contribution is -0.238. The van der Waals surface area contributed by atoms with Crippen molar-refractivity contribution >= 4 is 0 Å². The zero-order valence-electron chi connectivity index (χ0n) is 18.3. The van der Waals surface area contributed by atoms with E-state index in [1.807, 2.05) is 6.08 Å². The van der Waals surface area contributed by atoms with Gasteiger partial charge in [-0.3, -0.25) is 0 Å². The maximum Gasteiger partial charge on any atom is 0.215 e. The van der Waals surface area contributed by atoms with E-state index in [4.69, 9.17) is 37.1 Å². The molecule has 3 rings (SSSR count). The molecule has 31 heavy (non-hydrogen) atoms. The Morgan fingerprint density at radius 1 is 1.13 bits per heavy atom. The number of hydrogen-bond donors (Lipinski definition) is 8. The van der Waals surface area contributed by atoms with E-state index in [0.29, 0.717) is 31.4 Å². The fourth-order valence-electron chi connectivity index (χ4n) is 4.89. The van der Waals surface area contributed by atoms with Crippen molar-refractivity contribution in [1.29, 1.82) is 0 Å². The Labute approximate surface area is 183 Å². The SMILES string of the molecule is CNC1C(O)C(OC2C(N)CC(N)C(OC3OC(CN)=CCC3N)C2O)CCC1(C)O. The first kappa shape index (κ1) is 24.8. The van der Waals surface area contributed by atoms with E-state index in [0.717, 1.165) is 0 Å². The van der Waals surface area contributed by atoms with Gasteiger partial charge in [0.1, 0.15) is 24.1 Å². The van der Waals surface area contributed by atoms with E-state index in [1.165, 1.54) is 0 Å². The summed E-state index contributed by atoms with van der Waals surface area (Å²) in [5.41, 5.74) is 23.2. The maximum atomic E-state index is 11.1. The second-order valence-electron chi connectivity index (χ2n) is 9.21. The van der Waals surface area contributed by atoms with E-state index in [-0.39, 0.29) is 6.54 Å². The number of likely N-dealkylation sites (N-methyl/N-ethyl adjacent to an activating group) is 1. The molecule has 2 aliphatic carbocycles. The molecule has 2 fully saturated rings. The molecular weight excluding hydrogens is 406 g/mol. The highest BCUT2D eigenvalue weighted by atomic mass is 16.7. The van der Waals surface area contributed by atoms with Crippen LogP contribution in [0.2, 0.25) is 0 Å². The quantitative estimate of drug-likeness (QED) is 0.206. The van der Waals surface area contributed by atoms with Crippen molar-refractivity contribution in [1.82, 2.24) is 5.32 Å². The molecule has 0 bridgehead atoms. The summed E-state index contributed by atoms with van der Waals surface area (Å²) in [6.07, 6.45) is -1.61. The van der Waals surface area contributed by atoms with E-state index in [1.54, 1.807) is 14.0 Å². The van der Waals surface area contributed by atoms with Gasteiger partial charge in [0, 0.05) is 12.1 Å². The van der Waals surface area contributed by atoms with Gasteiger partial charge >= 0.3 is 0 Å². The number of aliphatic hydroxyl groups excluding tert-OH is 2. The maximum absolute atomic E-state index is 11.1. The van der Waals surface area contributed by atoms with Crippen LogP contribution in [0.5, 0.6) is 0 Å². The number of rotatable bonds is 6. The van der Waals surface area contributed by atoms with Crippen LogP contribution in [0.3, 0.4) is 0 Å². The molecule has 11 atom stereocenters. The molecule has 0 spiro atoms. The Balaban J connectivity index is 1.69. The van der Waals surface area contributed by atoms with Crippen LogP contribution < -0.4 is 28.3 Å². The van der Waals surface area contributed by atoms with Gasteiger partial charge in [-0.2, -0.15) is 0 Å². The zero-order valence-corrected chi connectivity index (χ0v) is 18.3. The van der Waals surface area contributed by atoms with Crippen molar-refractivity contribution in [3.63, 3.8) is 0 Å². The topological polar surface area (TPSA) is 204 Å². The highest BCUT2D eigenvalue weighted by Crippen LogP contribution is 2.34. The molecule has 0 radical (unpaired) electrons. The first-order valence-electron chi connectivity index (χ1n) is 11.0. The van der Waals surface area contributed by atoms with E-state index in [2.05, 4.69) is 5.32 Å². The first-order chi connectivity index (χ1) is 14.6. The second kappa shape index (κ2) is 9.96. The summed E-state index contributed by atoms with van der Waals surface area (Å²) in [7, 11) is 1.67. The normalized spacial score (nSPS) is 48.7. The van der Waals surface area contributed by atoms with Gasteiger partial charge in [-0.15, -0.1) is 0 Å². The predicted molar refractivity (Wildman–Crippen MR) is 113 cm³/mol. The second-order valence-corrected chi connectivity index (χ2v) is 9.21. The van der Waals surface area contributed by atoms with Crippen molar-refractivity contribution < 1.29 is 29.5 Å². The van der Waals surface area contributed by atoms with Crippen LogP contribution in [0.15, 0.2) is 11.8 Å². The summed E-state index contributed by atoms with van der Waals surface area (Å²) in [5.74, 6) is 0.575. The average molecular weight is 446 g/mol. The van der Waals surface area contributed by atoms with Crippen LogP contribution in [-0.2, 0) is 14.2 Å². The lowest BCUT2D eigenvalue weighted by atomic mass is 9.77. The van der Waals surface area contributed by atoms with E-state index >= 15 is 0 Å². The van der Waals surface area contributed by atoms with Crippen LogP contribution in [0.1, 0.15) is 32.6 Å². The van der Waals surface area contributed by atoms with Crippen molar-refractivity contribution in [2.75, 3.05) is 13.6 Å². The molecule has 11 nitrogen and oxygen atoms in total. The summed E-state index contributed by atoms with van der Waals surface area (Å²) in [5, 5.41) is 35.3. The van der Waals surface area contributed by atoms with Gasteiger partial charge in [0.25, 0.3) is 0 Å². The zero-order chi connectivity index (χ0) is 22.9. The molecule has 3 aliphatic rings. The van der Waals surface area contributed by atoms with Crippen LogP contribution in [0, 0.1) is 0 Å². The lowest BCUT2D eigenvalue weighted by Crippen LogP contribution is -2.67. The Morgan fingerprint density at radius 3 is 2.39 bits per heavy atom. The Hall–Kier alpha value is -0.860. The van der Waals surface area contributed by atoms with Gasteiger partial charge in [-0.25, -0.2) is 0 Å². The molecule has 0 aromatic rings. The van der Waals surface area contributed by atoms with Gasteiger partial charge in [-0.1, -0.05) is 0 Å². The Morgan fingerprint density at radius 2 is 1.77 bits per heavy atom. The summed E-state index contributed by atoms with van der Waals surface area (Å²) < 4.78 is 17.8. The summed E-state index contributed by atoms with van der Waals surface area (Å²) in [6, 6.07) is -2.10. The third kappa shape index (κ3) is 5.22. The third-order valence-corrected chi connectivity index (χ3v) is 6.76. The standard InChI is InChI=1S/C20H39N5O6/c1-20(28)6-5-13(14(26)18(20)25-2)30-16-11(23)7-12(24)17(15(16)27)31-19-10(22)4-3-9(8-21)29-19/h3,10-19,25-28H,4-8,21-24H2,1-2H3. The van der Waals surface area contributed by atoms with Crippen LogP contribution in [-0.4, -0.2) is 95.5 Å². The van der Waals surface area contributed by atoms with Gasteiger partial charge in [0.05, 0.1) is 36.4 Å². The number of nitrogens with one attached hydrogen (secondary N) is 1. The smallest absolute Gasteiger partial charge is 0.215 e. The first-order valence-corrected chi connectivity index (χ1v) is 11.0. The summed E-state index contributed by atoms with van der Waals surface area (Å²) in [6.45, 7) is 1.90. The largest absolute Gasteiger partial charge is 0.467 e. The number of hydrogen-bond acceptors (Lipinski definition) is 11. The minimum atomic E-state index is -1.15. The van der Waals surface area contributed by atoms with E-state index in [9.17, 15) is 15.3 Å². The monoisotopic (exact) mass is 445 g/mol. The van der Waals surface area contributed by atoms with Crippen molar-refractivity contribution in [2.24, 2.45) is 22.9 Å². The lowest BCUT2D eigenvalue weighted by Gasteiger charge is -2.48. The summed E-state index contributed by atoms with van der Waals surface area (Å²) >= 11 is 0. The minimum absolute atomic E-state index is 0.221. The molecule has 0 aromatic heterocycles. The Bertz CT molecular complexity index is 637.